The molecule has 2 aromatic rings. The van der Waals surface area contributed by atoms with Crippen LogP contribution in [-0.4, -0.2) is 10.8 Å². The van der Waals surface area contributed by atoms with Crippen LogP contribution in [0.5, 0.6) is 0 Å². The maximum Gasteiger partial charge on any atom is 0.133 e. The van der Waals surface area contributed by atoms with Crippen molar-refractivity contribution in [1.82, 2.24) is 4.98 Å². The Morgan fingerprint density at radius 3 is 2.86 bits per heavy atom. The maximum atomic E-state index is 12.6. The standard InChI is InChI=1S/C26H31NO/c1-19-9-11-20(12-10-19)13-14-24(28)18-21-5-4-7-23(17-21)26-25-8-3-2-6-22(25)15-16-27-26/h3,8-12,15-16,21,23H,2,4-7,13-14,17-18H2,1H3/t21-,23?/m1/s1. The third kappa shape index (κ3) is 4.60. The molecule has 0 amide bonds. The molecule has 4 rings (SSSR count). The van der Waals surface area contributed by atoms with Gasteiger partial charge in [-0.2, -0.15) is 0 Å². The number of nitrogens with zero attached hydrogens (tertiary/aromatic N) is 1. The number of fused-ring (bicyclic) bond motifs is 1. The summed E-state index contributed by atoms with van der Waals surface area (Å²) < 4.78 is 0. The van der Waals surface area contributed by atoms with Crippen LogP contribution >= 0.6 is 0 Å². The van der Waals surface area contributed by atoms with E-state index < -0.39 is 0 Å². The molecule has 1 saturated carbocycles. The fourth-order valence-electron chi connectivity index (χ4n) is 4.89. The lowest BCUT2D eigenvalue weighted by molar-refractivity contribution is -0.120. The summed E-state index contributed by atoms with van der Waals surface area (Å²) >= 11 is 0. The number of ketones is 1. The molecule has 0 aliphatic heterocycles. The zero-order valence-electron chi connectivity index (χ0n) is 17.0. The van der Waals surface area contributed by atoms with Crippen LogP contribution in [0.3, 0.4) is 0 Å². The summed E-state index contributed by atoms with van der Waals surface area (Å²) in [6, 6.07) is 10.7. The summed E-state index contributed by atoms with van der Waals surface area (Å²) in [5.74, 6) is 1.46. The van der Waals surface area contributed by atoms with E-state index in [4.69, 9.17) is 4.98 Å². The Labute approximate surface area is 169 Å². The van der Waals surface area contributed by atoms with Crippen molar-refractivity contribution in [2.45, 2.75) is 70.6 Å². The minimum atomic E-state index is 0.425. The number of carbonyl (C=O) groups is 1. The van der Waals surface area contributed by atoms with Gasteiger partial charge in [-0.05, 0) is 74.1 Å². The van der Waals surface area contributed by atoms with Crippen LogP contribution < -0.4 is 0 Å². The Balaban J connectivity index is 1.35. The zero-order valence-corrected chi connectivity index (χ0v) is 17.0. The van der Waals surface area contributed by atoms with Gasteiger partial charge in [0.15, 0.2) is 0 Å². The Hall–Kier alpha value is -2.22. The molecule has 0 saturated heterocycles. The SMILES string of the molecule is Cc1ccc(CCC(=O)C[C@@H]2CCCC(c3nccc4c3C=CCC4)C2)cc1. The van der Waals surface area contributed by atoms with Gasteiger partial charge >= 0.3 is 0 Å². The van der Waals surface area contributed by atoms with Crippen LogP contribution in [-0.2, 0) is 17.6 Å². The summed E-state index contributed by atoms with van der Waals surface area (Å²) in [5.41, 5.74) is 6.64. The molecule has 28 heavy (non-hydrogen) atoms. The van der Waals surface area contributed by atoms with Crippen molar-refractivity contribution in [1.29, 1.82) is 0 Å². The molecule has 0 N–H and O–H groups in total. The monoisotopic (exact) mass is 373 g/mol. The minimum absolute atomic E-state index is 0.425. The first-order valence-electron chi connectivity index (χ1n) is 10.9. The number of allylic oxidation sites excluding steroid dienone is 1. The highest BCUT2D eigenvalue weighted by molar-refractivity contribution is 5.78. The van der Waals surface area contributed by atoms with E-state index in [1.165, 1.54) is 47.2 Å². The van der Waals surface area contributed by atoms with Crippen LogP contribution in [0.25, 0.3) is 6.08 Å². The molecular weight excluding hydrogens is 342 g/mol. The van der Waals surface area contributed by atoms with Gasteiger partial charge in [0.1, 0.15) is 5.78 Å². The van der Waals surface area contributed by atoms with Gasteiger partial charge in [0.2, 0.25) is 0 Å². The lowest BCUT2D eigenvalue weighted by atomic mass is 9.75. The van der Waals surface area contributed by atoms with Crippen molar-refractivity contribution in [2.24, 2.45) is 5.92 Å². The van der Waals surface area contributed by atoms with Gasteiger partial charge in [-0.3, -0.25) is 9.78 Å². The van der Waals surface area contributed by atoms with E-state index in [9.17, 15) is 4.79 Å². The molecule has 2 aliphatic rings. The van der Waals surface area contributed by atoms with Crippen molar-refractivity contribution in [3.63, 3.8) is 0 Å². The molecule has 2 atom stereocenters. The predicted molar refractivity (Wildman–Crippen MR) is 115 cm³/mol. The lowest BCUT2D eigenvalue weighted by Gasteiger charge is -2.30. The predicted octanol–water partition coefficient (Wildman–Crippen LogP) is 6.22. The second kappa shape index (κ2) is 8.86. The number of aryl methyl sites for hydroxylation is 3. The molecule has 1 aromatic carbocycles. The molecule has 2 aliphatic carbocycles. The number of pyridine rings is 1. The molecule has 0 radical (unpaired) electrons. The minimum Gasteiger partial charge on any atom is -0.300 e. The van der Waals surface area contributed by atoms with Crippen LogP contribution in [0.1, 0.15) is 78.8 Å². The van der Waals surface area contributed by atoms with E-state index in [1.54, 1.807) is 0 Å². The topological polar surface area (TPSA) is 30.0 Å². The number of hydrogen-bond donors (Lipinski definition) is 0. The number of benzene rings is 1. The molecule has 1 aromatic heterocycles. The van der Waals surface area contributed by atoms with Crippen molar-refractivity contribution in [3.8, 4) is 0 Å². The van der Waals surface area contributed by atoms with E-state index in [1.807, 2.05) is 6.20 Å². The molecule has 0 spiro atoms. The van der Waals surface area contributed by atoms with Crippen LogP contribution in [0.15, 0.2) is 42.6 Å². The van der Waals surface area contributed by atoms with Crippen LogP contribution in [0.2, 0.25) is 0 Å². The van der Waals surface area contributed by atoms with E-state index >= 15 is 0 Å². The molecule has 1 fully saturated rings. The number of hydrogen-bond acceptors (Lipinski definition) is 2. The Morgan fingerprint density at radius 2 is 2.00 bits per heavy atom. The zero-order chi connectivity index (χ0) is 19.3. The lowest BCUT2D eigenvalue weighted by Crippen LogP contribution is -2.19. The second-order valence-electron chi connectivity index (χ2n) is 8.67. The van der Waals surface area contributed by atoms with Gasteiger partial charge in [0.25, 0.3) is 0 Å². The van der Waals surface area contributed by atoms with Gasteiger partial charge in [0, 0.05) is 25.0 Å². The maximum absolute atomic E-state index is 12.6. The van der Waals surface area contributed by atoms with Crippen molar-refractivity contribution < 1.29 is 4.79 Å². The summed E-state index contributed by atoms with van der Waals surface area (Å²) in [7, 11) is 0. The first-order chi connectivity index (χ1) is 13.7. The Bertz CT molecular complexity index is 849. The fraction of sp³-hybridized carbons (Fsp3) is 0.462. The molecule has 0 bridgehead atoms. The van der Waals surface area contributed by atoms with E-state index in [-0.39, 0.29) is 0 Å². The molecule has 146 valence electrons. The third-order valence-corrected chi connectivity index (χ3v) is 6.48. The molecular formula is C26H31NO. The van der Waals surface area contributed by atoms with Crippen molar-refractivity contribution >= 4 is 11.9 Å². The summed E-state index contributed by atoms with van der Waals surface area (Å²) in [5, 5.41) is 0. The number of aromatic nitrogens is 1. The van der Waals surface area contributed by atoms with Gasteiger partial charge < -0.3 is 0 Å². The molecule has 1 heterocycles. The fourth-order valence-corrected chi connectivity index (χ4v) is 4.89. The van der Waals surface area contributed by atoms with Gasteiger partial charge in [-0.15, -0.1) is 0 Å². The average Bonchev–Trinajstić information content (AvgIpc) is 2.73. The van der Waals surface area contributed by atoms with E-state index in [2.05, 4.69) is 49.4 Å². The quantitative estimate of drug-likeness (QED) is 0.602. The highest BCUT2D eigenvalue weighted by atomic mass is 16.1. The Kier molecular flexibility index (Phi) is 6.04. The molecule has 2 nitrogen and oxygen atoms in total. The number of carbonyl (C=O) groups excluding carboxylic acids is 1. The third-order valence-electron chi connectivity index (χ3n) is 6.48. The van der Waals surface area contributed by atoms with Gasteiger partial charge in [-0.1, -0.05) is 48.4 Å². The first kappa shape index (κ1) is 19.1. The normalized spacial score (nSPS) is 21.3. The first-order valence-corrected chi connectivity index (χ1v) is 10.9. The molecule has 2 heteroatoms. The van der Waals surface area contributed by atoms with Crippen LogP contribution in [0.4, 0.5) is 0 Å². The van der Waals surface area contributed by atoms with Gasteiger partial charge in [0.05, 0.1) is 5.69 Å². The van der Waals surface area contributed by atoms with E-state index in [0.717, 1.165) is 32.1 Å². The summed E-state index contributed by atoms with van der Waals surface area (Å²) in [6.45, 7) is 2.10. The second-order valence-corrected chi connectivity index (χ2v) is 8.67. The largest absolute Gasteiger partial charge is 0.300 e. The van der Waals surface area contributed by atoms with Crippen LogP contribution in [0, 0.1) is 12.8 Å². The van der Waals surface area contributed by atoms with Crippen molar-refractivity contribution in [3.05, 3.63) is 70.6 Å². The highest BCUT2D eigenvalue weighted by Crippen LogP contribution is 2.39. The smallest absolute Gasteiger partial charge is 0.133 e. The highest BCUT2D eigenvalue weighted by Gasteiger charge is 2.27. The van der Waals surface area contributed by atoms with E-state index in [0.29, 0.717) is 24.0 Å². The number of rotatable bonds is 6. The number of Topliss-reactive ketones (excluding diaryl/α,β-unsaturated/α-hetero) is 1. The Morgan fingerprint density at radius 1 is 1.14 bits per heavy atom. The average molecular weight is 374 g/mol. The summed E-state index contributed by atoms with van der Waals surface area (Å²) in [6.07, 6.45) is 15.8. The molecule has 1 unspecified atom stereocenters. The summed E-state index contributed by atoms with van der Waals surface area (Å²) in [4.78, 5) is 17.4. The van der Waals surface area contributed by atoms with Gasteiger partial charge in [-0.25, -0.2) is 0 Å². The van der Waals surface area contributed by atoms with Crippen molar-refractivity contribution in [2.75, 3.05) is 0 Å².